The van der Waals surface area contributed by atoms with Crippen LogP contribution in [0, 0.1) is 6.92 Å². The van der Waals surface area contributed by atoms with Gasteiger partial charge in [0.15, 0.2) is 0 Å². The van der Waals surface area contributed by atoms with Crippen molar-refractivity contribution in [3.63, 3.8) is 0 Å². The van der Waals surface area contributed by atoms with E-state index in [1.54, 1.807) is 0 Å². The summed E-state index contributed by atoms with van der Waals surface area (Å²) in [5.41, 5.74) is 5.54. The van der Waals surface area contributed by atoms with Crippen LogP contribution in [0.15, 0.2) is 58.3 Å². The predicted molar refractivity (Wildman–Crippen MR) is 106 cm³/mol. The van der Waals surface area contributed by atoms with Crippen molar-refractivity contribution < 1.29 is 22.7 Å². The number of carbonyl (C=O) groups excluding carboxylic acids is 2. The number of carbonyl (C=O) groups is 2. The first-order valence-electron chi connectivity index (χ1n) is 8.21. The number of hydrogen-bond donors (Lipinski definition) is 3. The highest BCUT2D eigenvalue weighted by Gasteiger charge is 2.15. The smallest absolute Gasteiger partial charge is 0.253 e. The van der Waals surface area contributed by atoms with E-state index in [0.717, 1.165) is 10.5 Å². The monoisotopic (exact) mass is 423 g/mol. The van der Waals surface area contributed by atoms with Crippen LogP contribution >= 0.6 is 11.8 Å². The summed E-state index contributed by atoms with van der Waals surface area (Å²) in [6.45, 7) is 1.46. The van der Waals surface area contributed by atoms with E-state index in [1.165, 1.54) is 43.1 Å². The third kappa shape index (κ3) is 6.87. The number of rotatable bonds is 8. The molecule has 0 unspecified atom stereocenters. The molecule has 0 saturated heterocycles. The largest absolute Gasteiger partial charge is 0.497 e. The molecule has 150 valence electrons. The molecule has 10 heteroatoms. The molecule has 0 saturated carbocycles. The molecule has 0 fully saturated rings. The molecule has 3 N–H and O–H groups in total. The molecule has 0 radical (unpaired) electrons. The first-order valence-corrected chi connectivity index (χ1v) is 10.7. The van der Waals surface area contributed by atoms with Gasteiger partial charge >= 0.3 is 0 Å². The van der Waals surface area contributed by atoms with Gasteiger partial charge in [-0.3, -0.25) is 20.4 Å². The van der Waals surface area contributed by atoms with Gasteiger partial charge in [-0.2, -0.15) is 0 Å². The topological polar surface area (TPSA) is 114 Å². The van der Waals surface area contributed by atoms with E-state index in [1.807, 2.05) is 31.2 Å². The molecule has 0 aliphatic heterocycles. The molecule has 2 aromatic rings. The highest BCUT2D eigenvalue weighted by molar-refractivity contribution is 8.00. The molecule has 0 aliphatic carbocycles. The zero-order valence-corrected chi connectivity index (χ0v) is 17.0. The van der Waals surface area contributed by atoms with Crippen molar-refractivity contribution in [2.45, 2.75) is 16.7 Å². The van der Waals surface area contributed by atoms with E-state index in [9.17, 15) is 18.0 Å². The van der Waals surface area contributed by atoms with Crippen LogP contribution in [0.2, 0.25) is 0 Å². The summed E-state index contributed by atoms with van der Waals surface area (Å²) in [5, 5.41) is 0. The zero-order valence-electron chi connectivity index (χ0n) is 15.4. The normalized spacial score (nSPS) is 10.9. The van der Waals surface area contributed by atoms with E-state index in [0.29, 0.717) is 5.75 Å². The highest BCUT2D eigenvalue weighted by Crippen LogP contribution is 2.17. The number of benzene rings is 2. The molecule has 2 rings (SSSR count). The number of amides is 2. The molecule has 0 spiro atoms. The molecule has 0 bridgehead atoms. The Morgan fingerprint density at radius 3 is 2.18 bits per heavy atom. The minimum atomic E-state index is -3.85. The summed E-state index contributed by atoms with van der Waals surface area (Å²) >= 11 is 1.32. The van der Waals surface area contributed by atoms with E-state index in [2.05, 4.69) is 15.6 Å². The second kappa shape index (κ2) is 10.1. The van der Waals surface area contributed by atoms with Crippen molar-refractivity contribution >= 4 is 33.6 Å². The Morgan fingerprint density at radius 2 is 1.57 bits per heavy atom. The van der Waals surface area contributed by atoms with E-state index >= 15 is 0 Å². The molecule has 28 heavy (non-hydrogen) atoms. The highest BCUT2D eigenvalue weighted by atomic mass is 32.2. The lowest BCUT2D eigenvalue weighted by atomic mass is 10.2. The summed E-state index contributed by atoms with van der Waals surface area (Å²) < 4.78 is 31.4. The fourth-order valence-corrected chi connectivity index (χ4v) is 3.68. The predicted octanol–water partition coefficient (Wildman–Crippen LogP) is 1.22. The Morgan fingerprint density at radius 1 is 0.964 bits per heavy atom. The van der Waals surface area contributed by atoms with Gasteiger partial charge in [0.05, 0.1) is 24.3 Å². The second-order valence-electron chi connectivity index (χ2n) is 5.70. The maximum Gasteiger partial charge on any atom is 0.253 e. The van der Waals surface area contributed by atoms with Crippen LogP contribution in [0.4, 0.5) is 0 Å². The number of thioether (sulfide) groups is 1. The van der Waals surface area contributed by atoms with Gasteiger partial charge in [0.25, 0.3) is 5.91 Å². The van der Waals surface area contributed by atoms with Crippen molar-refractivity contribution in [2.75, 3.05) is 19.4 Å². The summed E-state index contributed by atoms with van der Waals surface area (Å²) in [6, 6.07) is 13.4. The van der Waals surface area contributed by atoms with E-state index in [-0.39, 0.29) is 10.6 Å². The Hall–Kier alpha value is -2.56. The molecule has 2 aromatic carbocycles. The average Bonchev–Trinajstić information content (AvgIpc) is 2.70. The van der Waals surface area contributed by atoms with Crippen LogP contribution in [0.1, 0.15) is 5.56 Å². The molecular weight excluding hydrogens is 402 g/mol. The van der Waals surface area contributed by atoms with E-state index in [4.69, 9.17) is 4.74 Å². The van der Waals surface area contributed by atoms with Crippen LogP contribution in [0.5, 0.6) is 5.75 Å². The zero-order chi connectivity index (χ0) is 20.6. The first-order chi connectivity index (χ1) is 13.3. The number of ether oxygens (including phenoxy) is 1. The van der Waals surface area contributed by atoms with Crippen LogP contribution in [0.3, 0.4) is 0 Å². The Bertz CT molecular complexity index is 913. The van der Waals surface area contributed by atoms with Crippen molar-refractivity contribution in [3.8, 4) is 5.75 Å². The third-order valence-corrected chi connectivity index (χ3v) is 5.95. The van der Waals surface area contributed by atoms with Crippen LogP contribution in [-0.2, 0) is 19.6 Å². The van der Waals surface area contributed by atoms with Crippen molar-refractivity contribution in [1.29, 1.82) is 0 Å². The summed E-state index contributed by atoms with van der Waals surface area (Å²) in [7, 11) is -2.38. The van der Waals surface area contributed by atoms with Crippen molar-refractivity contribution in [3.05, 3.63) is 54.1 Å². The van der Waals surface area contributed by atoms with Gasteiger partial charge < -0.3 is 4.74 Å². The number of methoxy groups -OCH3 is 1. The van der Waals surface area contributed by atoms with Crippen molar-refractivity contribution in [1.82, 2.24) is 15.6 Å². The Balaban J connectivity index is 1.73. The first kappa shape index (κ1) is 21.7. The number of hydrazine groups is 1. The van der Waals surface area contributed by atoms with Gasteiger partial charge in [0.2, 0.25) is 15.9 Å². The summed E-state index contributed by atoms with van der Waals surface area (Å²) in [4.78, 5) is 24.5. The minimum absolute atomic E-state index is 0.000339. The summed E-state index contributed by atoms with van der Waals surface area (Å²) in [6.07, 6.45) is 0. The van der Waals surface area contributed by atoms with Gasteiger partial charge in [0.1, 0.15) is 5.75 Å². The number of hydrogen-bond acceptors (Lipinski definition) is 6. The van der Waals surface area contributed by atoms with Gasteiger partial charge in [-0.1, -0.05) is 17.7 Å². The van der Waals surface area contributed by atoms with Crippen LogP contribution in [-0.4, -0.2) is 39.6 Å². The Kier molecular flexibility index (Phi) is 7.85. The molecule has 8 nitrogen and oxygen atoms in total. The lowest BCUT2D eigenvalue weighted by molar-refractivity contribution is -0.126. The molecule has 2 amide bonds. The minimum Gasteiger partial charge on any atom is -0.497 e. The van der Waals surface area contributed by atoms with Gasteiger partial charge in [-0.15, -0.1) is 11.8 Å². The third-order valence-electron chi connectivity index (χ3n) is 3.52. The number of aryl methyl sites for hydroxylation is 1. The summed E-state index contributed by atoms with van der Waals surface area (Å²) in [5.74, 6) is -0.466. The standard InChI is InChI=1S/C18H21N3O5S2/c1-13-3-7-15(8-4-13)27-12-18(23)21-20-17(22)11-19-28(24,25)16-9-5-14(26-2)6-10-16/h3-10,19H,11-12H2,1-2H3,(H,20,22)(H,21,23). The molecule has 0 atom stereocenters. The average molecular weight is 424 g/mol. The van der Waals surface area contributed by atoms with Crippen LogP contribution < -0.4 is 20.3 Å². The molecule has 0 aliphatic rings. The fraction of sp³-hybridized carbons (Fsp3) is 0.222. The maximum absolute atomic E-state index is 12.1. The van der Waals surface area contributed by atoms with Gasteiger partial charge in [-0.25, -0.2) is 13.1 Å². The van der Waals surface area contributed by atoms with Crippen LogP contribution in [0.25, 0.3) is 0 Å². The Labute approximate surface area is 168 Å². The van der Waals surface area contributed by atoms with Gasteiger partial charge in [0, 0.05) is 4.90 Å². The number of sulfonamides is 1. The van der Waals surface area contributed by atoms with E-state index < -0.39 is 28.4 Å². The second-order valence-corrected chi connectivity index (χ2v) is 8.51. The SMILES string of the molecule is COc1ccc(S(=O)(=O)NCC(=O)NNC(=O)CSc2ccc(C)cc2)cc1. The fourth-order valence-electron chi connectivity index (χ4n) is 2.00. The molecule has 0 aromatic heterocycles. The molecular formula is C18H21N3O5S2. The lowest BCUT2D eigenvalue weighted by Gasteiger charge is -2.09. The maximum atomic E-state index is 12.1. The quantitative estimate of drug-likeness (QED) is 0.435. The van der Waals surface area contributed by atoms with Crippen molar-refractivity contribution in [2.24, 2.45) is 0 Å². The lowest BCUT2D eigenvalue weighted by Crippen LogP contribution is -2.46. The van der Waals surface area contributed by atoms with Gasteiger partial charge in [-0.05, 0) is 43.3 Å². The number of nitrogens with one attached hydrogen (secondary N) is 3. The molecule has 0 heterocycles.